The van der Waals surface area contributed by atoms with Crippen molar-refractivity contribution in [2.45, 2.75) is 26.2 Å². The van der Waals surface area contributed by atoms with E-state index in [1.165, 1.54) is 6.33 Å². The first-order chi connectivity index (χ1) is 9.61. The van der Waals surface area contributed by atoms with Gasteiger partial charge in [0.05, 0.1) is 5.69 Å². The average Bonchev–Trinajstić information content (AvgIpc) is 2.83. The minimum absolute atomic E-state index is 0.277. The Morgan fingerprint density at radius 1 is 1.30 bits per heavy atom. The van der Waals surface area contributed by atoms with Crippen LogP contribution in [0, 0.1) is 0 Å². The number of rotatable bonds is 6. The van der Waals surface area contributed by atoms with Gasteiger partial charge in [-0.05, 0) is 12.0 Å². The Balaban J connectivity index is 2.05. The lowest BCUT2D eigenvalue weighted by atomic mass is 10.0. The zero-order valence-electron chi connectivity index (χ0n) is 12.1. The van der Waals surface area contributed by atoms with Gasteiger partial charge < -0.3 is 10.7 Å². The second-order valence-corrected chi connectivity index (χ2v) is 4.94. The summed E-state index contributed by atoms with van der Waals surface area (Å²) in [5, 5.41) is 7.68. The van der Waals surface area contributed by atoms with E-state index in [1.807, 2.05) is 19.3 Å². The minimum atomic E-state index is 0.277. The molecule has 2 aromatic heterocycles. The number of nitrogen functional groups attached to an aromatic ring is 1. The molecule has 0 radical (unpaired) electrons. The van der Waals surface area contributed by atoms with Gasteiger partial charge >= 0.3 is 0 Å². The molecule has 7 nitrogen and oxygen atoms in total. The van der Waals surface area contributed by atoms with Crippen molar-refractivity contribution >= 4 is 11.6 Å². The Kier molecular flexibility index (Phi) is 4.52. The normalized spacial score (nSPS) is 10.8. The summed E-state index contributed by atoms with van der Waals surface area (Å²) in [5.41, 5.74) is 4.67. The molecule has 0 amide bonds. The summed E-state index contributed by atoms with van der Waals surface area (Å²) in [7, 11) is 1.91. The van der Waals surface area contributed by atoms with E-state index in [1.54, 1.807) is 4.68 Å². The Hall–Kier alpha value is -2.15. The van der Waals surface area contributed by atoms with E-state index in [2.05, 4.69) is 39.7 Å². The van der Waals surface area contributed by atoms with E-state index in [0.29, 0.717) is 5.82 Å². The van der Waals surface area contributed by atoms with Crippen molar-refractivity contribution < 1.29 is 0 Å². The molecule has 0 saturated heterocycles. The van der Waals surface area contributed by atoms with Crippen molar-refractivity contribution in [3.8, 4) is 0 Å². The van der Waals surface area contributed by atoms with Crippen LogP contribution in [-0.2, 0) is 13.5 Å². The summed E-state index contributed by atoms with van der Waals surface area (Å²) in [4.78, 5) is 8.45. The van der Waals surface area contributed by atoms with Crippen molar-refractivity contribution in [2.24, 2.45) is 12.9 Å². The molecule has 7 heteroatoms. The first-order valence-electron chi connectivity index (χ1n) is 6.65. The van der Waals surface area contributed by atoms with Gasteiger partial charge in [0.25, 0.3) is 0 Å². The lowest BCUT2D eigenvalue weighted by Crippen LogP contribution is -2.16. The Morgan fingerprint density at radius 3 is 2.65 bits per heavy atom. The maximum Gasteiger partial charge on any atom is 0.148 e. The van der Waals surface area contributed by atoms with Crippen LogP contribution >= 0.6 is 0 Å². The van der Waals surface area contributed by atoms with Crippen LogP contribution in [0.4, 0.5) is 11.6 Å². The van der Waals surface area contributed by atoms with E-state index >= 15 is 0 Å². The molecule has 2 aromatic rings. The van der Waals surface area contributed by atoms with Gasteiger partial charge in [-0.2, -0.15) is 5.10 Å². The SMILES string of the molecule is CC(C)c1c(NN)ncnc1NCCc1ccn(C)n1. The van der Waals surface area contributed by atoms with Crippen LogP contribution in [0.5, 0.6) is 0 Å². The van der Waals surface area contributed by atoms with Crippen molar-refractivity contribution in [3.05, 3.63) is 29.8 Å². The van der Waals surface area contributed by atoms with Crippen molar-refractivity contribution in [1.29, 1.82) is 0 Å². The van der Waals surface area contributed by atoms with Gasteiger partial charge in [-0.25, -0.2) is 15.8 Å². The number of hydrogen-bond acceptors (Lipinski definition) is 6. The van der Waals surface area contributed by atoms with Gasteiger partial charge in [0.15, 0.2) is 0 Å². The second-order valence-electron chi connectivity index (χ2n) is 4.94. The summed E-state index contributed by atoms with van der Waals surface area (Å²) in [5.74, 6) is 7.26. The highest BCUT2D eigenvalue weighted by Crippen LogP contribution is 2.27. The van der Waals surface area contributed by atoms with Gasteiger partial charge in [-0.3, -0.25) is 4.68 Å². The molecule has 0 saturated carbocycles. The van der Waals surface area contributed by atoms with Crippen LogP contribution in [0.2, 0.25) is 0 Å². The third kappa shape index (κ3) is 3.24. The first kappa shape index (κ1) is 14.3. The zero-order valence-corrected chi connectivity index (χ0v) is 12.1. The fourth-order valence-corrected chi connectivity index (χ4v) is 2.10. The Bertz CT molecular complexity index is 562. The first-order valence-corrected chi connectivity index (χ1v) is 6.65. The largest absolute Gasteiger partial charge is 0.369 e. The highest BCUT2D eigenvalue weighted by atomic mass is 15.3. The minimum Gasteiger partial charge on any atom is -0.369 e. The third-order valence-corrected chi connectivity index (χ3v) is 3.04. The molecule has 2 rings (SSSR count). The summed E-state index contributed by atoms with van der Waals surface area (Å²) in [6.45, 7) is 4.94. The number of aryl methyl sites for hydroxylation is 1. The Labute approximate surface area is 118 Å². The molecule has 0 aliphatic rings. The Morgan fingerprint density at radius 2 is 2.05 bits per heavy atom. The van der Waals surface area contributed by atoms with Gasteiger partial charge in [0, 0.05) is 31.8 Å². The van der Waals surface area contributed by atoms with Crippen LogP contribution in [0.3, 0.4) is 0 Å². The number of aromatic nitrogens is 4. The molecule has 0 aliphatic heterocycles. The van der Waals surface area contributed by atoms with Crippen LogP contribution < -0.4 is 16.6 Å². The number of hydrazine groups is 1. The molecule has 2 heterocycles. The standard InChI is InChI=1S/C13H21N7/c1-9(2)11-12(16-8-17-13(11)18-14)15-6-4-10-5-7-20(3)19-10/h5,7-9H,4,6,14H2,1-3H3,(H2,15,16,17,18). The molecule has 108 valence electrons. The van der Waals surface area contributed by atoms with E-state index in [4.69, 9.17) is 5.84 Å². The van der Waals surface area contributed by atoms with E-state index in [-0.39, 0.29) is 5.92 Å². The van der Waals surface area contributed by atoms with Gasteiger partial charge in [-0.15, -0.1) is 0 Å². The number of nitrogens with two attached hydrogens (primary N) is 1. The third-order valence-electron chi connectivity index (χ3n) is 3.04. The molecule has 0 fully saturated rings. The lowest BCUT2D eigenvalue weighted by Gasteiger charge is -2.16. The highest BCUT2D eigenvalue weighted by Gasteiger charge is 2.14. The molecule has 4 N–H and O–H groups in total. The lowest BCUT2D eigenvalue weighted by molar-refractivity contribution is 0.741. The van der Waals surface area contributed by atoms with Gasteiger partial charge in [-0.1, -0.05) is 13.8 Å². The molecule has 0 atom stereocenters. The molecule has 0 spiro atoms. The summed E-state index contributed by atoms with van der Waals surface area (Å²) in [6.07, 6.45) is 4.29. The van der Waals surface area contributed by atoms with E-state index < -0.39 is 0 Å². The van der Waals surface area contributed by atoms with Crippen molar-refractivity contribution in [3.63, 3.8) is 0 Å². The predicted molar refractivity (Wildman–Crippen MR) is 79.3 cm³/mol. The van der Waals surface area contributed by atoms with Gasteiger partial charge in [0.1, 0.15) is 18.0 Å². The quantitative estimate of drug-likeness (QED) is 0.543. The highest BCUT2D eigenvalue weighted by molar-refractivity contribution is 5.58. The molecule has 0 bridgehead atoms. The number of nitrogens with zero attached hydrogens (tertiary/aromatic N) is 4. The van der Waals surface area contributed by atoms with Crippen LogP contribution in [0.1, 0.15) is 31.0 Å². The van der Waals surface area contributed by atoms with E-state index in [9.17, 15) is 0 Å². The smallest absolute Gasteiger partial charge is 0.148 e. The van der Waals surface area contributed by atoms with Crippen LogP contribution in [0.25, 0.3) is 0 Å². The summed E-state index contributed by atoms with van der Waals surface area (Å²) < 4.78 is 1.80. The second kappa shape index (κ2) is 6.33. The van der Waals surface area contributed by atoms with Crippen molar-refractivity contribution in [1.82, 2.24) is 19.7 Å². The molecule has 0 unspecified atom stereocenters. The topological polar surface area (TPSA) is 93.7 Å². The number of hydrogen-bond donors (Lipinski definition) is 3. The molecule has 0 aromatic carbocycles. The number of nitrogens with one attached hydrogen (secondary N) is 2. The summed E-state index contributed by atoms with van der Waals surface area (Å²) in [6, 6.07) is 2.01. The van der Waals surface area contributed by atoms with Crippen LogP contribution in [0.15, 0.2) is 18.6 Å². The van der Waals surface area contributed by atoms with E-state index in [0.717, 1.165) is 30.0 Å². The zero-order chi connectivity index (χ0) is 14.5. The fourth-order valence-electron chi connectivity index (χ4n) is 2.10. The molecular formula is C13H21N7. The maximum atomic E-state index is 5.50. The predicted octanol–water partition coefficient (Wildman–Crippen LogP) is 1.27. The summed E-state index contributed by atoms with van der Waals surface area (Å²) >= 11 is 0. The fraction of sp³-hybridized carbons (Fsp3) is 0.462. The molecule has 20 heavy (non-hydrogen) atoms. The molecule has 0 aliphatic carbocycles. The van der Waals surface area contributed by atoms with Gasteiger partial charge in [0.2, 0.25) is 0 Å². The number of anilines is 2. The monoisotopic (exact) mass is 275 g/mol. The average molecular weight is 275 g/mol. The van der Waals surface area contributed by atoms with Crippen molar-refractivity contribution in [2.75, 3.05) is 17.3 Å². The maximum absolute atomic E-state index is 5.50. The molecular weight excluding hydrogens is 254 g/mol. The van der Waals surface area contributed by atoms with Crippen LogP contribution in [-0.4, -0.2) is 26.3 Å².